The maximum atomic E-state index is 10.0. The van der Waals surface area contributed by atoms with Crippen LogP contribution in [0, 0.1) is 0 Å². The largest absolute Gasteiger partial charge is 0.491 e. The van der Waals surface area contributed by atoms with Gasteiger partial charge in [0.2, 0.25) is 11.9 Å². The van der Waals surface area contributed by atoms with Crippen molar-refractivity contribution in [1.29, 1.82) is 0 Å². The molecule has 3 rings (SSSR count). The summed E-state index contributed by atoms with van der Waals surface area (Å²) in [7, 11) is 0. The summed E-state index contributed by atoms with van der Waals surface area (Å²) in [6.45, 7) is 3.76. The molecule has 1 atom stereocenters. The molecule has 1 aromatic carbocycles. The fourth-order valence-electron chi connectivity index (χ4n) is 2.92. The van der Waals surface area contributed by atoms with Crippen LogP contribution in [-0.2, 0) is 6.54 Å². The Balaban J connectivity index is 1.43. The molecule has 0 spiro atoms. The lowest BCUT2D eigenvalue weighted by molar-refractivity contribution is 0.117. The fourth-order valence-corrected chi connectivity index (χ4v) is 2.92. The van der Waals surface area contributed by atoms with E-state index in [2.05, 4.69) is 31.5 Å². The van der Waals surface area contributed by atoms with E-state index in [9.17, 15) is 5.11 Å². The van der Waals surface area contributed by atoms with E-state index in [1.807, 2.05) is 18.2 Å². The number of aliphatic hydroxyl groups is 1. The molecule has 1 unspecified atom stereocenters. The average Bonchev–Trinajstić information content (AvgIpc) is 3.05. The van der Waals surface area contributed by atoms with E-state index < -0.39 is 6.10 Å². The number of nitrogen functional groups attached to an aromatic ring is 1. The number of likely N-dealkylation sites (tertiary alicyclic amines) is 1. The molecule has 1 aliphatic rings. The first kappa shape index (κ1) is 17.5. The molecule has 5 N–H and O–H groups in total. The molecule has 8 heteroatoms. The van der Waals surface area contributed by atoms with Crippen molar-refractivity contribution >= 4 is 11.9 Å². The molecule has 0 aliphatic carbocycles. The van der Waals surface area contributed by atoms with Crippen LogP contribution in [0.5, 0.6) is 5.75 Å². The van der Waals surface area contributed by atoms with Crippen molar-refractivity contribution in [3.8, 4) is 5.75 Å². The number of ether oxygens (including phenoxy) is 1. The topological polar surface area (TPSA) is 112 Å². The van der Waals surface area contributed by atoms with Gasteiger partial charge in [0.1, 0.15) is 18.5 Å². The van der Waals surface area contributed by atoms with Gasteiger partial charge in [-0.1, -0.05) is 18.6 Å². The second-order valence-corrected chi connectivity index (χ2v) is 6.37. The lowest BCUT2D eigenvalue weighted by atomic mass is 10.1. The highest BCUT2D eigenvalue weighted by molar-refractivity contribution is 5.30. The van der Waals surface area contributed by atoms with E-state index in [1.165, 1.54) is 37.9 Å². The van der Waals surface area contributed by atoms with Gasteiger partial charge >= 0.3 is 0 Å². The number of hydrogen-bond acceptors (Lipinski definition) is 7. The van der Waals surface area contributed by atoms with Crippen molar-refractivity contribution in [3.05, 3.63) is 29.8 Å². The highest BCUT2D eigenvalue weighted by Crippen LogP contribution is 2.17. The molecular formula is C17H26N6O2. The Morgan fingerprint density at radius 3 is 2.92 bits per heavy atom. The molecule has 8 nitrogen and oxygen atoms in total. The first-order chi connectivity index (χ1) is 12.2. The molecule has 0 radical (unpaired) electrons. The van der Waals surface area contributed by atoms with Crippen LogP contribution >= 0.6 is 0 Å². The van der Waals surface area contributed by atoms with Crippen LogP contribution in [0.3, 0.4) is 0 Å². The normalized spacial score (nSPS) is 16.5. The average molecular weight is 346 g/mol. The number of aromatic amines is 1. The van der Waals surface area contributed by atoms with E-state index in [0.717, 1.165) is 12.3 Å². The molecule has 1 aliphatic heterocycles. The van der Waals surface area contributed by atoms with Crippen LogP contribution in [0.4, 0.5) is 11.9 Å². The Hall–Kier alpha value is -2.32. The monoisotopic (exact) mass is 346 g/mol. The van der Waals surface area contributed by atoms with Gasteiger partial charge in [0, 0.05) is 13.1 Å². The van der Waals surface area contributed by atoms with Gasteiger partial charge in [0.05, 0.1) is 0 Å². The highest BCUT2D eigenvalue weighted by Gasteiger charge is 2.11. The number of nitrogens with two attached hydrogens (primary N) is 1. The molecule has 25 heavy (non-hydrogen) atoms. The molecule has 2 aromatic rings. The summed E-state index contributed by atoms with van der Waals surface area (Å²) >= 11 is 0. The van der Waals surface area contributed by atoms with Crippen LogP contribution in [0.25, 0.3) is 0 Å². The number of piperidine rings is 1. The minimum absolute atomic E-state index is 0.195. The Morgan fingerprint density at radius 2 is 2.16 bits per heavy atom. The molecular weight excluding hydrogens is 320 g/mol. The van der Waals surface area contributed by atoms with Gasteiger partial charge in [0.15, 0.2) is 0 Å². The van der Waals surface area contributed by atoms with Gasteiger partial charge in [-0.3, -0.25) is 4.90 Å². The third-order valence-corrected chi connectivity index (χ3v) is 4.19. The third kappa shape index (κ3) is 5.61. The molecule has 1 aromatic heterocycles. The van der Waals surface area contributed by atoms with Crippen LogP contribution in [0.1, 0.15) is 24.8 Å². The Labute approximate surface area is 147 Å². The van der Waals surface area contributed by atoms with Crippen molar-refractivity contribution in [3.63, 3.8) is 0 Å². The number of nitrogens with zero attached hydrogens (tertiary/aromatic N) is 3. The van der Waals surface area contributed by atoms with Gasteiger partial charge in [0.25, 0.3) is 0 Å². The number of benzene rings is 1. The minimum atomic E-state index is -0.675. The Bertz CT molecular complexity index is 656. The molecule has 0 bridgehead atoms. The van der Waals surface area contributed by atoms with E-state index in [-0.39, 0.29) is 19.1 Å². The quantitative estimate of drug-likeness (QED) is 0.568. The molecule has 1 saturated heterocycles. The van der Waals surface area contributed by atoms with Crippen molar-refractivity contribution in [2.75, 3.05) is 37.3 Å². The molecule has 136 valence electrons. The summed E-state index contributed by atoms with van der Waals surface area (Å²) in [6, 6.07) is 8.07. The lowest BCUT2D eigenvalue weighted by Crippen LogP contribution is -2.29. The van der Waals surface area contributed by atoms with Crippen molar-refractivity contribution < 1.29 is 9.84 Å². The van der Waals surface area contributed by atoms with Gasteiger partial charge < -0.3 is 20.9 Å². The smallest absolute Gasteiger partial charge is 0.243 e. The minimum Gasteiger partial charge on any atom is -0.491 e. The second kappa shape index (κ2) is 8.68. The Morgan fingerprint density at radius 1 is 1.32 bits per heavy atom. The van der Waals surface area contributed by atoms with Crippen molar-refractivity contribution in [2.45, 2.75) is 31.9 Å². The maximum Gasteiger partial charge on any atom is 0.243 e. The number of nitrogens with one attached hydrogen (secondary N) is 2. The van der Waals surface area contributed by atoms with E-state index >= 15 is 0 Å². The van der Waals surface area contributed by atoms with Gasteiger partial charge in [-0.25, -0.2) is 5.10 Å². The standard InChI is InChI=1S/C17H26N6O2/c18-16-20-17(22-21-16)19-10-14(24)12-25-15-6-4-5-13(9-15)11-23-7-2-1-3-8-23/h4-6,9,14,24H,1-3,7-8,10-12H2,(H4,18,19,20,21,22). The van der Waals surface area contributed by atoms with Crippen LogP contribution in [-0.4, -0.2) is 57.5 Å². The number of anilines is 2. The van der Waals surface area contributed by atoms with Gasteiger partial charge in [-0.05, 0) is 43.6 Å². The summed E-state index contributed by atoms with van der Waals surface area (Å²) < 4.78 is 5.71. The number of H-pyrrole nitrogens is 1. The van der Waals surface area contributed by atoms with E-state index in [4.69, 9.17) is 10.5 Å². The summed E-state index contributed by atoms with van der Waals surface area (Å²) in [5, 5.41) is 19.3. The number of aliphatic hydroxyl groups excluding tert-OH is 1. The first-order valence-corrected chi connectivity index (χ1v) is 8.73. The zero-order valence-corrected chi connectivity index (χ0v) is 14.3. The molecule has 1 fully saturated rings. The Kier molecular flexibility index (Phi) is 6.08. The van der Waals surface area contributed by atoms with E-state index in [0.29, 0.717) is 5.95 Å². The molecule has 0 amide bonds. The lowest BCUT2D eigenvalue weighted by Gasteiger charge is -2.26. The molecule has 2 heterocycles. The highest BCUT2D eigenvalue weighted by atomic mass is 16.5. The number of hydrogen-bond donors (Lipinski definition) is 4. The summed E-state index contributed by atoms with van der Waals surface area (Å²) in [5.41, 5.74) is 6.68. The summed E-state index contributed by atoms with van der Waals surface area (Å²) in [5.74, 6) is 1.37. The van der Waals surface area contributed by atoms with Crippen LogP contribution in [0.2, 0.25) is 0 Å². The fraction of sp³-hybridized carbons (Fsp3) is 0.529. The molecule has 0 saturated carbocycles. The maximum absolute atomic E-state index is 10.0. The predicted octanol–water partition coefficient (Wildman–Crippen LogP) is 1.22. The number of rotatable bonds is 8. The number of aromatic nitrogens is 3. The summed E-state index contributed by atoms with van der Waals surface area (Å²) in [6.07, 6.45) is 3.23. The first-order valence-electron chi connectivity index (χ1n) is 8.73. The van der Waals surface area contributed by atoms with Gasteiger partial charge in [-0.15, -0.1) is 5.10 Å². The van der Waals surface area contributed by atoms with Gasteiger partial charge in [-0.2, -0.15) is 4.98 Å². The van der Waals surface area contributed by atoms with Crippen molar-refractivity contribution in [2.24, 2.45) is 0 Å². The van der Waals surface area contributed by atoms with Crippen LogP contribution in [0.15, 0.2) is 24.3 Å². The SMILES string of the molecule is Nc1nc(NCC(O)COc2cccc(CN3CCCCC3)c2)n[nH]1. The van der Waals surface area contributed by atoms with Crippen LogP contribution < -0.4 is 15.8 Å². The zero-order valence-electron chi connectivity index (χ0n) is 14.3. The van der Waals surface area contributed by atoms with Crippen molar-refractivity contribution in [1.82, 2.24) is 20.1 Å². The van der Waals surface area contributed by atoms with E-state index in [1.54, 1.807) is 0 Å². The zero-order chi connectivity index (χ0) is 17.5. The summed E-state index contributed by atoms with van der Waals surface area (Å²) in [4.78, 5) is 6.39. The third-order valence-electron chi connectivity index (χ3n) is 4.19. The predicted molar refractivity (Wildman–Crippen MR) is 96.4 cm³/mol. The second-order valence-electron chi connectivity index (χ2n) is 6.37.